The first-order valence-corrected chi connectivity index (χ1v) is 10.4. The second kappa shape index (κ2) is 8.20. The fourth-order valence-corrected chi connectivity index (χ4v) is 4.26. The van der Waals surface area contributed by atoms with E-state index in [1.54, 1.807) is 24.1 Å². The van der Waals surface area contributed by atoms with Gasteiger partial charge in [-0.1, -0.05) is 42.5 Å². The Morgan fingerprint density at radius 1 is 1.17 bits per heavy atom. The number of benzene rings is 2. The number of halogens is 1. The highest BCUT2D eigenvalue weighted by atomic mass is 32.1. The molecule has 1 amide bonds. The minimum atomic E-state index is -0.338. The summed E-state index contributed by atoms with van der Waals surface area (Å²) in [4.78, 5) is 32.6. The van der Waals surface area contributed by atoms with E-state index in [0.29, 0.717) is 15.8 Å². The molecule has 0 N–H and O–H groups in total. The molecule has 0 aliphatic rings. The van der Waals surface area contributed by atoms with Gasteiger partial charge in [0.1, 0.15) is 17.2 Å². The van der Waals surface area contributed by atoms with Crippen LogP contribution in [0.4, 0.5) is 4.39 Å². The lowest BCUT2D eigenvalue weighted by Crippen LogP contribution is -2.35. The van der Waals surface area contributed by atoms with Crippen LogP contribution in [0.5, 0.6) is 0 Å². The van der Waals surface area contributed by atoms with Gasteiger partial charge in [-0.2, -0.15) is 0 Å². The average Bonchev–Trinajstić information content (AvgIpc) is 3.20. The van der Waals surface area contributed by atoms with Crippen molar-refractivity contribution in [2.24, 2.45) is 0 Å². The number of aromatic nitrogens is 2. The zero-order valence-corrected chi connectivity index (χ0v) is 17.4. The van der Waals surface area contributed by atoms with Crippen LogP contribution in [0.3, 0.4) is 0 Å². The number of carbonyl (C=O) groups is 1. The topological polar surface area (TPSA) is 55.2 Å². The number of fused-ring (bicyclic) bond motifs is 1. The Hall–Kier alpha value is -3.32. The number of hydrogen-bond donors (Lipinski definition) is 0. The van der Waals surface area contributed by atoms with Crippen molar-refractivity contribution in [3.8, 4) is 11.1 Å². The highest BCUT2D eigenvalue weighted by molar-refractivity contribution is 7.17. The van der Waals surface area contributed by atoms with Crippen LogP contribution in [-0.2, 0) is 11.3 Å². The van der Waals surface area contributed by atoms with Crippen molar-refractivity contribution in [1.82, 2.24) is 14.5 Å². The molecule has 30 heavy (non-hydrogen) atoms. The van der Waals surface area contributed by atoms with Crippen molar-refractivity contribution < 1.29 is 9.18 Å². The molecule has 0 radical (unpaired) electrons. The van der Waals surface area contributed by atoms with Gasteiger partial charge in [0.2, 0.25) is 5.91 Å². The zero-order chi connectivity index (χ0) is 21.3. The average molecular weight is 421 g/mol. The number of hydrogen-bond acceptors (Lipinski definition) is 4. The number of nitrogens with zero attached hydrogens (tertiary/aromatic N) is 3. The lowest BCUT2D eigenvalue weighted by Gasteiger charge is -2.25. The van der Waals surface area contributed by atoms with E-state index in [1.807, 2.05) is 42.6 Å². The minimum Gasteiger partial charge on any atom is -0.337 e. The third kappa shape index (κ3) is 3.76. The molecule has 2 aromatic heterocycles. The molecule has 0 bridgehead atoms. The van der Waals surface area contributed by atoms with Crippen molar-refractivity contribution in [1.29, 1.82) is 0 Å². The van der Waals surface area contributed by atoms with Crippen LogP contribution in [0.25, 0.3) is 21.3 Å². The Balaban J connectivity index is 1.64. The van der Waals surface area contributed by atoms with Gasteiger partial charge in [0.05, 0.1) is 17.8 Å². The summed E-state index contributed by atoms with van der Waals surface area (Å²) in [6, 6.07) is 15.6. The maximum atomic E-state index is 13.3. The number of amides is 1. The van der Waals surface area contributed by atoms with Gasteiger partial charge < -0.3 is 4.90 Å². The number of rotatable bonds is 5. The lowest BCUT2D eigenvalue weighted by molar-refractivity contribution is -0.132. The van der Waals surface area contributed by atoms with Crippen molar-refractivity contribution >= 4 is 27.5 Å². The van der Waals surface area contributed by atoms with E-state index in [4.69, 9.17) is 0 Å². The van der Waals surface area contributed by atoms with Crippen LogP contribution in [0.1, 0.15) is 18.5 Å². The third-order valence-corrected chi connectivity index (χ3v) is 6.16. The molecule has 7 heteroatoms. The van der Waals surface area contributed by atoms with Gasteiger partial charge in [-0.25, -0.2) is 9.37 Å². The quantitative estimate of drug-likeness (QED) is 0.477. The molecule has 152 valence electrons. The molecule has 4 aromatic rings. The van der Waals surface area contributed by atoms with E-state index in [2.05, 4.69) is 4.98 Å². The molecular formula is C23H20FN3O2S. The number of likely N-dealkylation sites (N-methyl/N-ethyl adjacent to an activating group) is 1. The molecule has 0 fully saturated rings. The van der Waals surface area contributed by atoms with E-state index in [1.165, 1.54) is 34.4 Å². The van der Waals surface area contributed by atoms with Gasteiger partial charge in [-0.15, -0.1) is 11.3 Å². The number of carbonyl (C=O) groups excluding carboxylic acids is 1. The Kier molecular flexibility index (Phi) is 5.46. The van der Waals surface area contributed by atoms with E-state index >= 15 is 0 Å². The maximum Gasteiger partial charge on any atom is 0.263 e. The Labute approximate surface area is 177 Å². The molecule has 1 unspecified atom stereocenters. The second-order valence-electron chi connectivity index (χ2n) is 7.11. The molecule has 0 aliphatic carbocycles. The first kappa shape index (κ1) is 20.0. The first-order valence-electron chi connectivity index (χ1n) is 9.49. The van der Waals surface area contributed by atoms with Gasteiger partial charge in [-0.3, -0.25) is 14.2 Å². The molecule has 2 heterocycles. The summed E-state index contributed by atoms with van der Waals surface area (Å²) >= 11 is 1.35. The molecule has 2 aromatic carbocycles. The fraction of sp³-hybridized carbons (Fsp3) is 0.174. The summed E-state index contributed by atoms with van der Waals surface area (Å²) < 4.78 is 14.6. The Bertz CT molecular complexity index is 1250. The molecule has 1 atom stereocenters. The molecule has 0 aliphatic heterocycles. The molecule has 0 saturated carbocycles. The number of thiophene rings is 1. The summed E-state index contributed by atoms with van der Waals surface area (Å²) in [7, 11) is 1.73. The van der Waals surface area contributed by atoms with Crippen molar-refractivity contribution in [2.75, 3.05) is 7.05 Å². The molecule has 0 saturated heterocycles. The molecule has 5 nitrogen and oxygen atoms in total. The van der Waals surface area contributed by atoms with Crippen LogP contribution >= 0.6 is 11.3 Å². The zero-order valence-electron chi connectivity index (χ0n) is 16.6. The summed E-state index contributed by atoms with van der Waals surface area (Å²) in [5.74, 6) is -0.525. The predicted molar refractivity (Wildman–Crippen MR) is 117 cm³/mol. The third-order valence-electron chi connectivity index (χ3n) is 5.28. The normalized spacial score (nSPS) is 12.1. The van der Waals surface area contributed by atoms with Crippen molar-refractivity contribution in [3.63, 3.8) is 0 Å². The highest BCUT2D eigenvalue weighted by Gasteiger charge is 2.20. The summed E-state index contributed by atoms with van der Waals surface area (Å²) in [6.45, 7) is 1.84. The van der Waals surface area contributed by atoms with Crippen molar-refractivity contribution in [2.45, 2.75) is 19.5 Å². The maximum absolute atomic E-state index is 13.3. The monoisotopic (exact) mass is 421 g/mol. The standard InChI is InChI=1S/C23H20FN3O2S/c1-15(16-6-4-3-5-7-16)26(2)20(28)12-27-14-25-22-21(23(27)29)19(13-30-22)17-8-10-18(24)11-9-17/h3-11,13-15H,12H2,1-2H3. The van der Waals surface area contributed by atoms with Gasteiger partial charge in [0.25, 0.3) is 5.56 Å². The van der Waals surface area contributed by atoms with Gasteiger partial charge in [0, 0.05) is 18.0 Å². The van der Waals surface area contributed by atoms with Crippen LogP contribution in [0.15, 0.2) is 71.1 Å². The smallest absolute Gasteiger partial charge is 0.263 e. The van der Waals surface area contributed by atoms with Crippen LogP contribution in [0.2, 0.25) is 0 Å². The SMILES string of the molecule is CC(c1ccccc1)N(C)C(=O)Cn1cnc2scc(-c3ccc(F)cc3)c2c1=O. The second-order valence-corrected chi connectivity index (χ2v) is 7.96. The van der Waals surface area contributed by atoms with Crippen molar-refractivity contribution in [3.05, 3.63) is 88.0 Å². The van der Waals surface area contributed by atoms with Crippen LogP contribution in [0, 0.1) is 5.82 Å². The summed E-state index contributed by atoms with van der Waals surface area (Å²) in [6.07, 6.45) is 1.41. The Morgan fingerprint density at radius 3 is 2.57 bits per heavy atom. The predicted octanol–water partition coefficient (Wildman–Crippen LogP) is 4.48. The van der Waals surface area contributed by atoms with E-state index < -0.39 is 0 Å². The van der Waals surface area contributed by atoms with E-state index in [0.717, 1.165) is 11.1 Å². The van der Waals surface area contributed by atoms with E-state index in [9.17, 15) is 14.0 Å². The summed E-state index contributed by atoms with van der Waals surface area (Å²) in [5, 5.41) is 2.28. The lowest BCUT2D eigenvalue weighted by atomic mass is 10.1. The molecule has 0 spiro atoms. The molecule has 4 rings (SSSR count). The van der Waals surface area contributed by atoms with Gasteiger partial charge in [0.15, 0.2) is 0 Å². The fourth-order valence-electron chi connectivity index (χ4n) is 3.35. The van der Waals surface area contributed by atoms with Gasteiger partial charge >= 0.3 is 0 Å². The van der Waals surface area contributed by atoms with E-state index in [-0.39, 0.29) is 29.9 Å². The molecular weight excluding hydrogens is 401 g/mol. The van der Waals surface area contributed by atoms with Crippen LogP contribution < -0.4 is 5.56 Å². The minimum absolute atomic E-state index is 0.103. The highest BCUT2D eigenvalue weighted by Crippen LogP contribution is 2.30. The first-order chi connectivity index (χ1) is 14.5. The Morgan fingerprint density at radius 2 is 1.87 bits per heavy atom. The van der Waals surface area contributed by atoms with Crippen LogP contribution in [-0.4, -0.2) is 27.4 Å². The summed E-state index contributed by atoms with van der Waals surface area (Å²) in [5.41, 5.74) is 2.17. The van der Waals surface area contributed by atoms with Gasteiger partial charge in [-0.05, 0) is 30.2 Å². The largest absolute Gasteiger partial charge is 0.337 e.